The van der Waals surface area contributed by atoms with Crippen molar-refractivity contribution >= 4 is 137 Å². The Bertz CT molecular complexity index is 2410. The van der Waals surface area contributed by atoms with Crippen LogP contribution in [-0.2, 0) is 85.8 Å². The number of Topliss-reactive ketones (excluding diaryl/α,β-unsaturated/α-hetero) is 1. The molecule has 0 aliphatic carbocycles. The minimum Gasteiger partial charge on any atom is -0.544 e. The average molecular weight is 1730 g/mol. The monoisotopic (exact) mass is 1730 g/mol. The van der Waals surface area contributed by atoms with Gasteiger partial charge in [-0.25, -0.2) is 4.79 Å². The molecule has 3 amide bonds. The number of aliphatic hydroxyl groups is 19. The summed E-state index contributed by atoms with van der Waals surface area (Å²) in [7, 11) is 4.20. The number of carbonyl (C=O) groups excluding carboxylic acids is 8. The molecule has 0 radical (unpaired) electrons. The number of carboxylic acids is 3. The summed E-state index contributed by atoms with van der Waals surface area (Å²) in [6.45, 7) is 1.45. The standard InChI is InChI=1S/C16H29NO11S.C11H18ClNO9.C8H14ClNO6.C6H13NO5.C5H12O2S.C4H4Cl2O3.C3H4O3.CH4O.ClH.2Na/c1-26-2-3-27-4-5-29-8-11(21)17-12-9(19)6-16(25,15(23)24)28-14(12)13(22)10(20)7-18;12-2-6(17)13-7-4(15)1-11(21,10(19)20)22-9(7)8(18)5(16)3-14;9-1-4(12)10-5-7(14)6(13)3(2-11)16-8(5)15;7-3-5(10)4(9)2(1-8)12-6(3)11;1-6-2-3-7-4-5-8;5-1-3(7)9-4(8)2-6;1-2(4)3(5)6;1-2;;;/h9-10,12-14,18-20,22,25H,2-8H2,1H3,(H,17,21)(H,23,24);4-5,7-9,14-16,18,21H,1-3H2,(H,13,17)(H,19,20);3,5-8,11,13-15H,1-2H2,(H,10,12);2-6,8-11H,1,7H2;8H,2-5H2,1H3;1-2H2;1H3,(H,5,6);2H,1H3;1H;;/q;;;;;;;;;2*+1/p-2/t9?,10-,12-,13-,14?,16+;4?,5-,7-,8-,9?,11+;3?,5?,6?,7-,8?;2?,3?,4?,5-,6?;;;;;;;/m1111......./s1. The van der Waals surface area contributed by atoms with Gasteiger partial charge in [0.05, 0.1) is 102 Å². The van der Waals surface area contributed by atoms with Crippen LogP contribution in [0.15, 0.2) is 0 Å². The van der Waals surface area contributed by atoms with Crippen molar-refractivity contribution in [2.24, 2.45) is 5.73 Å². The number of thioether (sulfide) groups is 1. The van der Waals surface area contributed by atoms with Gasteiger partial charge in [-0.2, -0.15) is 12.6 Å². The molecule has 53 heteroatoms. The van der Waals surface area contributed by atoms with E-state index in [1.165, 1.54) is 11.8 Å². The van der Waals surface area contributed by atoms with Crippen LogP contribution in [0.5, 0.6) is 0 Å². The van der Waals surface area contributed by atoms with Gasteiger partial charge in [0.2, 0.25) is 23.5 Å². The van der Waals surface area contributed by atoms with Crippen LogP contribution < -0.4 is 91.0 Å². The summed E-state index contributed by atoms with van der Waals surface area (Å²) in [5.74, 6) is -15.9. The van der Waals surface area contributed by atoms with Crippen LogP contribution in [-0.4, -0.2) is 417 Å². The third-order valence-corrected chi connectivity index (χ3v) is 15.2. The molecular weight excluding hydrogens is 1630 g/mol. The fourth-order valence-corrected chi connectivity index (χ4v) is 8.90. The van der Waals surface area contributed by atoms with Crippen LogP contribution in [0.4, 0.5) is 0 Å². The van der Waals surface area contributed by atoms with Crippen LogP contribution in [0, 0.1) is 0 Å². The fourth-order valence-electron chi connectivity index (χ4n) is 7.86. The molecule has 4 saturated heterocycles. The third-order valence-electron chi connectivity index (χ3n) is 13.2. The minimum absolute atomic E-state index is 0. The largest absolute Gasteiger partial charge is 1.00 e. The molecule has 44 nitrogen and oxygen atoms in total. The molecule has 25 N–H and O–H groups in total. The third kappa shape index (κ3) is 47.3. The van der Waals surface area contributed by atoms with Gasteiger partial charge in [-0.3, -0.25) is 28.8 Å². The summed E-state index contributed by atoms with van der Waals surface area (Å²) >= 11 is 25.7. The Morgan fingerprint density at radius 3 is 1.32 bits per heavy atom. The maximum absolute atomic E-state index is 12.2. The van der Waals surface area contributed by atoms with Crippen LogP contribution in [0.25, 0.3) is 0 Å². The topological polar surface area (TPSA) is 750 Å². The number of ether oxygens (including phenoxy) is 9. The molecule has 4 rings (SSSR count). The number of ketones is 1. The van der Waals surface area contributed by atoms with E-state index in [1.54, 1.807) is 14.2 Å². The van der Waals surface area contributed by atoms with Gasteiger partial charge < -0.3 is 186 Å². The van der Waals surface area contributed by atoms with Gasteiger partial charge >= 0.3 is 77.0 Å². The van der Waals surface area contributed by atoms with Crippen LogP contribution >= 0.6 is 83.2 Å². The Kier molecular flexibility index (Phi) is 74.3. The summed E-state index contributed by atoms with van der Waals surface area (Å²) < 4.78 is 43.2. The van der Waals surface area contributed by atoms with Crippen molar-refractivity contribution in [1.29, 1.82) is 0 Å². The zero-order valence-corrected chi connectivity index (χ0v) is 68.0. The number of hydrogen-bond acceptors (Lipinski definition) is 42. The van der Waals surface area contributed by atoms with E-state index in [0.717, 1.165) is 19.8 Å². The number of nitrogens with two attached hydrogens (primary N) is 1. The first-order valence-corrected chi connectivity index (χ1v) is 33.9. The Morgan fingerprint density at radius 2 is 0.963 bits per heavy atom. The molecule has 0 bridgehead atoms. The quantitative estimate of drug-likeness (QED) is 0.00583. The Balaban J connectivity index is -0.000000229. The van der Waals surface area contributed by atoms with E-state index in [-0.39, 0.29) is 94.9 Å². The molecule has 0 aromatic heterocycles. The fraction of sp³-hybridized carbons (Fsp3) is 0.833. The first-order valence-electron chi connectivity index (χ1n) is 29.9. The first-order chi connectivity index (χ1) is 48.7. The SMILES string of the molecule is CC(=O)C(=O)[O-].CO.COCCOCCS.COCCOCCSCC(=O)N[C@@H]1C(O)C[C@@](O)(C(=O)[O-])OC1[C@H](O)[C@H](O)CO.Cl.NC1C(O)OC(CO)C(O)[C@@H]1O.O=C(CCl)NC1C(O)OC(CO)C(O)[C@@H]1O.O=C(CCl)N[C@@H]1C(O)C[C@@](O)(C(=O)O)OC1[C@H](O)[C@H](O)CO.O=C(CCl)OC(=O)CCl.[Na+].[Na+]. The number of carboxylic acid groups (broad SMARTS) is 3. The number of nitrogens with one attached hydrogen (secondary N) is 3. The summed E-state index contributed by atoms with van der Waals surface area (Å²) in [5.41, 5.74) is 5.26. The van der Waals surface area contributed by atoms with E-state index < -0.39 is 232 Å². The molecular formula is C54H97Cl5N4Na2O40S2. The van der Waals surface area contributed by atoms with Gasteiger partial charge in [-0.05, 0) is 0 Å². The molecule has 0 aromatic rings. The van der Waals surface area contributed by atoms with Crippen LogP contribution in [0.1, 0.15) is 19.8 Å². The number of rotatable bonds is 31. The second kappa shape index (κ2) is 66.9. The molecule has 4 fully saturated rings. The molecule has 12 unspecified atom stereocenters. The Morgan fingerprint density at radius 1 is 0.589 bits per heavy atom. The zero-order valence-electron chi connectivity index (χ0n) is 58.4. The first kappa shape index (κ1) is 119. The number of aliphatic hydroxyl groups excluding tert-OH is 17. The smallest absolute Gasteiger partial charge is 0.544 e. The van der Waals surface area contributed by atoms with Crippen molar-refractivity contribution < 1.29 is 257 Å². The van der Waals surface area contributed by atoms with E-state index >= 15 is 0 Å². The average Bonchev–Trinajstić information content (AvgIpc) is 0.784. The van der Waals surface area contributed by atoms with Gasteiger partial charge in [0.1, 0.15) is 115 Å². The van der Waals surface area contributed by atoms with Crippen molar-refractivity contribution in [3.8, 4) is 0 Å². The number of methoxy groups -OCH3 is 2. The molecule has 4 heterocycles. The molecule has 0 spiro atoms. The van der Waals surface area contributed by atoms with Crippen molar-refractivity contribution in [1.82, 2.24) is 16.0 Å². The number of aliphatic carboxylic acids is 3. The minimum atomic E-state index is -2.93. The number of thiol groups is 1. The van der Waals surface area contributed by atoms with Gasteiger partial charge in [0.25, 0.3) is 5.79 Å². The van der Waals surface area contributed by atoms with E-state index in [2.05, 4.69) is 33.3 Å². The number of esters is 2. The molecule has 0 aromatic carbocycles. The normalized spacial score (nSPS) is 28.4. The second-order valence-electron chi connectivity index (χ2n) is 20.9. The zero-order chi connectivity index (χ0) is 81.4. The predicted octanol–water partition coefficient (Wildman–Crippen LogP) is -21.1. The molecule has 622 valence electrons. The Hall–Kier alpha value is -1.34. The van der Waals surface area contributed by atoms with Gasteiger partial charge in [0, 0.05) is 52.6 Å². The molecule has 107 heavy (non-hydrogen) atoms. The van der Waals surface area contributed by atoms with Crippen molar-refractivity contribution in [2.75, 3.05) is 128 Å². The van der Waals surface area contributed by atoms with Crippen LogP contribution in [0.2, 0.25) is 0 Å². The molecule has 4 aliphatic heterocycles. The molecule has 22 atom stereocenters. The second-order valence-corrected chi connectivity index (χ2v) is 23.5. The number of amides is 3. The van der Waals surface area contributed by atoms with E-state index in [0.29, 0.717) is 45.4 Å². The maximum atomic E-state index is 12.2. The van der Waals surface area contributed by atoms with E-state index in [9.17, 15) is 120 Å². The number of carbonyl (C=O) groups is 9. The van der Waals surface area contributed by atoms with Crippen molar-refractivity contribution in [2.45, 2.75) is 154 Å². The number of alkyl halides is 4. The van der Waals surface area contributed by atoms with Crippen LogP contribution in [0.3, 0.4) is 0 Å². The number of hydrogen-bond donors (Lipinski definition) is 25. The number of halogens is 5. The molecule has 4 aliphatic rings. The predicted molar refractivity (Wildman–Crippen MR) is 357 cm³/mol. The van der Waals surface area contributed by atoms with Gasteiger partial charge in [-0.15, -0.1) is 70.6 Å². The summed E-state index contributed by atoms with van der Waals surface area (Å²) in [4.78, 5) is 95.6. The van der Waals surface area contributed by atoms with Crippen molar-refractivity contribution in [3.05, 3.63) is 0 Å². The van der Waals surface area contributed by atoms with E-state index in [1.807, 2.05) is 0 Å². The molecule has 0 saturated carbocycles. The van der Waals surface area contributed by atoms with E-state index in [4.69, 9.17) is 126 Å². The Labute approximate surface area is 692 Å². The summed E-state index contributed by atoms with van der Waals surface area (Å²) in [6.07, 6.45) is -25.9. The van der Waals surface area contributed by atoms with Crippen molar-refractivity contribution in [3.63, 3.8) is 0 Å². The van der Waals surface area contributed by atoms with Gasteiger partial charge in [0.15, 0.2) is 18.4 Å². The summed E-state index contributed by atoms with van der Waals surface area (Å²) in [6, 6.07) is -4.91. The summed E-state index contributed by atoms with van der Waals surface area (Å²) in [5, 5.41) is 213. The van der Waals surface area contributed by atoms with Gasteiger partial charge in [-0.1, -0.05) is 0 Å². The maximum Gasteiger partial charge on any atom is 1.00 e.